The second kappa shape index (κ2) is 14.4. The van der Waals surface area contributed by atoms with Crippen molar-refractivity contribution in [1.29, 1.82) is 0 Å². The van der Waals surface area contributed by atoms with Crippen LogP contribution in [0.3, 0.4) is 0 Å². The minimum absolute atomic E-state index is 0.0727. The summed E-state index contributed by atoms with van der Waals surface area (Å²) in [7, 11) is 0. The van der Waals surface area contributed by atoms with Gasteiger partial charge in [0.1, 0.15) is 12.1 Å². The molecule has 0 heterocycles. The standard InChI is InChI=1S/C19H29NO7S/c1-2-26-10-15(21)11-27-12-16(22)13-28-9-8-17(19(24)25)20-18(23)14-6-4-3-5-7-14/h3-7,15-17,21-22H,2,8-13H2,1H3,(H,20,23)(H,24,25). The SMILES string of the molecule is CCOCC(O)COCC(O)CSCCC(NC(=O)c1ccccc1)C(=O)O. The van der Waals surface area contributed by atoms with E-state index in [0.717, 1.165) is 0 Å². The first-order valence-electron chi connectivity index (χ1n) is 9.12. The second-order valence-electron chi connectivity index (χ2n) is 6.10. The lowest BCUT2D eigenvalue weighted by Gasteiger charge is -2.16. The summed E-state index contributed by atoms with van der Waals surface area (Å²) in [6, 6.07) is 7.42. The average Bonchev–Trinajstić information content (AvgIpc) is 2.69. The van der Waals surface area contributed by atoms with Crippen LogP contribution in [-0.2, 0) is 14.3 Å². The third-order valence-electron chi connectivity index (χ3n) is 3.64. The first-order valence-corrected chi connectivity index (χ1v) is 10.3. The van der Waals surface area contributed by atoms with E-state index < -0.39 is 30.1 Å². The van der Waals surface area contributed by atoms with Crippen LogP contribution in [-0.4, -0.2) is 83.4 Å². The molecule has 1 aromatic rings. The Balaban J connectivity index is 2.22. The van der Waals surface area contributed by atoms with Gasteiger partial charge in [0.15, 0.2) is 0 Å². The molecule has 0 saturated carbocycles. The van der Waals surface area contributed by atoms with Gasteiger partial charge in [-0.3, -0.25) is 4.79 Å². The minimum atomic E-state index is -1.10. The number of amides is 1. The molecule has 4 N–H and O–H groups in total. The van der Waals surface area contributed by atoms with Gasteiger partial charge in [-0.05, 0) is 31.2 Å². The number of rotatable bonds is 15. The van der Waals surface area contributed by atoms with E-state index in [9.17, 15) is 24.9 Å². The molecule has 0 aliphatic rings. The molecule has 3 atom stereocenters. The molecule has 158 valence electrons. The summed E-state index contributed by atoms with van der Waals surface area (Å²) in [4.78, 5) is 23.4. The molecule has 8 nitrogen and oxygen atoms in total. The lowest BCUT2D eigenvalue weighted by molar-refractivity contribution is -0.139. The fourth-order valence-electron chi connectivity index (χ4n) is 2.20. The maximum Gasteiger partial charge on any atom is 0.326 e. The van der Waals surface area contributed by atoms with Gasteiger partial charge in [-0.1, -0.05) is 18.2 Å². The first kappa shape index (κ1) is 24.4. The number of benzene rings is 1. The number of hydrogen-bond acceptors (Lipinski definition) is 7. The summed E-state index contributed by atoms with van der Waals surface area (Å²) in [5, 5.41) is 31.2. The number of nitrogens with one attached hydrogen (secondary N) is 1. The van der Waals surface area contributed by atoms with E-state index in [2.05, 4.69) is 5.32 Å². The Kier molecular flexibility index (Phi) is 12.5. The monoisotopic (exact) mass is 415 g/mol. The van der Waals surface area contributed by atoms with Gasteiger partial charge in [-0.25, -0.2) is 4.79 Å². The third-order valence-corrected chi connectivity index (χ3v) is 4.78. The van der Waals surface area contributed by atoms with E-state index in [4.69, 9.17) is 9.47 Å². The van der Waals surface area contributed by atoms with E-state index >= 15 is 0 Å². The quantitative estimate of drug-likeness (QED) is 0.310. The Morgan fingerprint density at radius 1 is 1.07 bits per heavy atom. The minimum Gasteiger partial charge on any atom is -0.480 e. The smallest absolute Gasteiger partial charge is 0.326 e. The number of carboxylic acid groups (broad SMARTS) is 1. The first-order chi connectivity index (χ1) is 13.4. The van der Waals surface area contributed by atoms with Crippen molar-refractivity contribution in [2.45, 2.75) is 31.6 Å². The summed E-state index contributed by atoms with van der Waals surface area (Å²) < 4.78 is 10.3. The molecular formula is C19H29NO7S. The molecule has 0 aliphatic carbocycles. The number of thioether (sulfide) groups is 1. The van der Waals surface area contributed by atoms with Gasteiger partial charge in [-0.15, -0.1) is 0 Å². The van der Waals surface area contributed by atoms with Crippen LogP contribution < -0.4 is 5.32 Å². The van der Waals surface area contributed by atoms with E-state index in [1.807, 2.05) is 6.92 Å². The third kappa shape index (κ3) is 10.6. The van der Waals surface area contributed by atoms with E-state index in [0.29, 0.717) is 23.7 Å². The number of carbonyl (C=O) groups excluding carboxylic acids is 1. The molecule has 0 bridgehead atoms. The molecule has 0 radical (unpaired) electrons. The topological polar surface area (TPSA) is 125 Å². The Morgan fingerprint density at radius 2 is 1.71 bits per heavy atom. The van der Waals surface area contributed by atoms with Gasteiger partial charge < -0.3 is 30.1 Å². The van der Waals surface area contributed by atoms with Gasteiger partial charge in [0.05, 0.1) is 25.9 Å². The van der Waals surface area contributed by atoms with Crippen LogP contribution in [0, 0.1) is 0 Å². The summed E-state index contributed by atoms with van der Waals surface area (Å²) in [6.45, 7) is 2.68. The summed E-state index contributed by atoms with van der Waals surface area (Å²) in [6.07, 6.45) is -1.23. The Hall–Kier alpha value is -1.65. The highest BCUT2D eigenvalue weighted by Gasteiger charge is 2.20. The van der Waals surface area contributed by atoms with Crippen molar-refractivity contribution < 1.29 is 34.4 Å². The predicted octanol–water partition coefficient (Wildman–Crippen LogP) is 0.768. The van der Waals surface area contributed by atoms with Crippen LogP contribution in [0.2, 0.25) is 0 Å². The molecule has 3 unspecified atom stereocenters. The Labute approximate surface area is 169 Å². The zero-order valence-electron chi connectivity index (χ0n) is 16.0. The summed E-state index contributed by atoms with van der Waals surface area (Å²) >= 11 is 1.37. The van der Waals surface area contributed by atoms with Gasteiger partial charge in [-0.2, -0.15) is 11.8 Å². The highest BCUT2D eigenvalue weighted by molar-refractivity contribution is 7.99. The molecule has 0 aliphatic heterocycles. The van der Waals surface area contributed by atoms with Crippen LogP contribution in [0.5, 0.6) is 0 Å². The van der Waals surface area contributed by atoms with Gasteiger partial charge in [0.25, 0.3) is 5.91 Å². The van der Waals surface area contributed by atoms with Crippen molar-refractivity contribution in [1.82, 2.24) is 5.32 Å². The van der Waals surface area contributed by atoms with Gasteiger partial charge >= 0.3 is 5.97 Å². The van der Waals surface area contributed by atoms with Crippen molar-refractivity contribution in [2.24, 2.45) is 0 Å². The highest BCUT2D eigenvalue weighted by Crippen LogP contribution is 2.09. The number of ether oxygens (including phenoxy) is 2. The number of aliphatic carboxylic acids is 1. The van der Waals surface area contributed by atoms with Crippen molar-refractivity contribution >= 4 is 23.6 Å². The predicted molar refractivity (Wildman–Crippen MR) is 107 cm³/mol. The lowest BCUT2D eigenvalue weighted by Crippen LogP contribution is -2.41. The fraction of sp³-hybridized carbons (Fsp3) is 0.579. The maximum atomic E-state index is 12.1. The molecule has 0 spiro atoms. The van der Waals surface area contributed by atoms with Crippen LogP contribution in [0.4, 0.5) is 0 Å². The molecule has 1 amide bonds. The summed E-state index contributed by atoms with van der Waals surface area (Å²) in [5.41, 5.74) is 0.403. The van der Waals surface area contributed by atoms with Crippen molar-refractivity contribution in [3.8, 4) is 0 Å². The Bertz CT molecular complexity index is 573. The number of hydrogen-bond donors (Lipinski definition) is 4. The second-order valence-corrected chi connectivity index (χ2v) is 7.25. The van der Waals surface area contributed by atoms with E-state index in [-0.39, 0.29) is 26.2 Å². The number of carboxylic acids is 1. The molecule has 0 fully saturated rings. The lowest BCUT2D eigenvalue weighted by atomic mass is 10.1. The van der Waals surface area contributed by atoms with Crippen LogP contribution in [0.15, 0.2) is 30.3 Å². The van der Waals surface area contributed by atoms with Crippen LogP contribution in [0.1, 0.15) is 23.7 Å². The van der Waals surface area contributed by atoms with Crippen molar-refractivity contribution in [3.05, 3.63) is 35.9 Å². The molecule has 1 rings (SSSR count). The van der Waals surface area contributed by atoms with E-state index in [1.165, 1.54) is 11.8 Å². The largest absolute Gasteiger partial charge is 0.480 e. The molecule has 0 aromatic heterocycles. The molecule has 28 heavy (non-hydrogen) atoms. The molecule has 1 aromatic carbocycles. The summed E-state index contributed by atoms with van der Waals surface area (Å²) in [5.74, 6) is -0.717. The average molecular weight is 416 g/mol. The Morgan fingerprint density at radius 3 is 2.36 bits per heavy atom. The van der Waals surface area contributed by atoms with Crippen molar-refractivity contribution in [3.63, 3.8) is 0 Å². The number of aliphatic hydroxyl groups excluding tert-OH is 2. The zero-order chi connectivity index (χ0) is 20.8. The molecule has 0 saturated heterocycles. The number of carbonyl (C=O) groups is 2. The fourth-order valence-corrected chi connectivity index (χ4v) is 3.14. The van der Waals surface area contributed by atoms with Crippen LogP contribution in [0.25, 0.3) is 0 Å². The number of aliphatic hydroxyl groups is 2. The van der Waals surface area contributed by atoms with Gasteiger partial charge in [0.2, 0.25) is 0 Å². The highest BCUT2D eigenvalue weighted by atomic mass is 32.2. The zero-order valence-corrected chi connectivity index (χ0v) is 16.8. The van der Waals surface area contributed by atoms with Crippen LogP contribution >= 0.6 is 11.8 Å². The normalized spacial score (nSPS) is 14.2. The molecular weight excluding hydrogens is 386 g/mol. The molecule has 9 heteroatoms. The maximum absolute atomic E-state index is 12.1. The van der Waals surface area contributed by atoms with Crippen molar-refractivity contribution in [2.75, 3.05) is 37.9 Å². The van der Waals surface area contributed by atoms with Gasteiger partial charge in [0, 0.05) is 17.9 Å². The van der Waals surface area contributed by atoms with E-state index in [1.54, 1.807) is 30.3 Å².